The van der Waals surface area contributed by atoms with Crippen molar-refractivity contribution in [1.82, 2.24) is 0 Å². The van der Waals surface area contributed by atoms with Gasteiger partial charge in [-0.05, 0) is 24.3 Å². The molecule has 0 saturated heterocycles. The summed E-state index contributed by atoms with van der Waals surface area (Å²) < 4.78 is 5.23. The van der Waals surface area contributed by atoms with Gasteiger partial charge in [0.2, 0.25) is 0 Å². The van der Waals surface area contributed by atoms with E-state index in [2.05, 4.69) is 11.8 Å². The van der Waals surface area contributed by atoms with E-state index >= 15 is 0 Å². The van der Waals surface area contributed by atoms with Crippen LogP contribution in [0.4, 0.5) is 0 Å². The van der Waals surface area contributed by atoms with Crippen molar-refractivity contribution in [3.63, 3.8) is 0 Å². The highest BCUT2D eigenvalue weighted by atomic mass is 35.5. The summed E-state index contributed by atoms with van der Waals surface area (Å²) in [6, 6.07) is 7.83. The van der Waals surface area contributed by atoms with Crippen LogP contribution in [0.1, 0.15) is 12.0 Å². The summed E-state index contributed by atoms with van der Waals surface area (Å²) >= 11 is 5.53. The Balaban J connectivity index is 2.31. The van der Waals surface area contributed by atoms with Crippen LogP contribution >= 0.6 is 11.6 Å². The average Bonchev–Trinajstić information content (AvgIpc) is 2.65. The second kappa shape index (κ2) is 4.21. The summed E-state index contributed by atoms with van der Waals surface area (Å²) in [6.45, 7) is 0. The molecule has 14 heavy (non-hydrogen) atoms. The van der Waals surface area contributed by atoms with Gasteiger partial charge in [-0.1, -0.05) is 11.8 Å². The molecule has 0 N–H and O–H groups in total. The second-order valence-electron chi connectivity index (χ2n) is 2.91. The summed E-state index contributed by atoms with van der Waals surface area (Å²) in [6.07, 6.45) is 2.41. The van der Waals surface area contributed by atoms with E-state index in [1.807, 2.05) is 24.3 Å². The fourth-order valence-electron chi connectivity index (χ4n) is 1.26. The molecule has 2 heteroatoms. The predicted molar refractivity (Wildman–Crippen MR) is 58.4 cm³/mol. The van der Waals surface area contributed by atoms with Gasteiger partial charge < -0.3 is 4.42 Å². The van der Waals surface area contributed by atoms with Crippen LogP contribution < -0.4 is 0 Å². The maximum Gasteiger partial charge on any atom is 0.133 e. The van der Waals surface area contributed by atoms with Gasteiger partial charge in [0.1, 0.15) is 5.58 Å². The molecule has 0 unspecified atom stereocenters. The molecule has 70 valence electrons. The lowest BCUT2D eigenvalue weighted by Gasteiger charge is -1.90. The largest absolute Gasteiger partial charge is 0.464 e. The number of halogens is 1. The van der Waals surface area contributed by atoms with Crippen LogP contribution in [0, 0.1) is 11.8 Å². The number of rotatable bonds is 1. The lowest BCUT2D eigenvalue weighted by atomic mass is 10.1. The van der Waals surface area contributed by atoms with Crippen molar-refractivity contribution >= 4 is 22.6 Å². The van der Waals surface area contributed by atoms with Crippen molar-refractivity contribution in [2.75, 3.05) is 5.88 Å². The molecule has 0 spiro atoms. The van der Waals surface area contributed by atoms with E-state index in [0.29, 0.717) is 5.88 Å². The summed E-state index contributed by atoms with van der Waals surface area (Å²) in [5.41, 5.74) is 1.90. The smallest absolute Gasteiger partial charge is 0.133 e. The fraction of sp³-hybridized carbons (Fsp3) is 0.167. The Morgan fingerprint density at radius 1 is 1.29 bits per heavy atom. The molecular formula is C12H9ClO. The average molecular weight is 205 g/mol. The Morgan fingerprint density at radius 3 is 3.07 bits per heavy atom. The summed E-state index contributed by atoms with van der Waals surface area (Å²) in [5.74, 6) is 6.63. The van der Waals surface area contributed by atoms with Gasteiger partial charge in [-0.2, -0.15) is 0 Å². The van der Waals surface area contributed by atoms with Gasteiger partial charge in [0.25, 0.3) is 0 Å². The SMILES string of the molecule is ClCCC#Cc1ccc2occc2c1. The molecule has 2 rings (SSSR count). The molecule has 1 aromatic heterocycles. The normalized spacial score (nSPS) is 9.79. The highest BCUT2D eigenvalue weighted by Gasteiger charge is 1.95. The Labute approximate surface area is 87.7 Å². The van der Waals surface area contributed by atoms with Crippen molar-refractivity contribution in [1.29, 1.82) is 0 Å². The van der Waals surface area contributed by atoms with Crippen LogP contribution in [-0.2, 0) is 0 Å². The van der Waals surface area contributed by atoms with Crippen molar-refractivity contribution in [2.24, 2.45) is 0 Å². The number of hydrogen-bond donors (Lipinski definition) is 0. The number of benzene rings is 1. The van der Waals surface area contributed by atoms with E-state index in [1.165, 1.54) is 0 Å². The zero-order chi connectivity index (χ0) is 9.80. The van der Waals surface area contributed by atoms with Crippen LogP contribution in [0.5, 0.6) is 0 Å². The summed E-state index contributed by atoms with van der Waals surface area (Å²) in [7, 11) is 0. The van der Waals surface area contributed by atoms with Crippen molar-refractivity contribution in [3.8, 4) is 11.8 Å². The Kier molecular flexibility index (Phi) is 2.76. The fourth-order valence-corrected chi connectivity index (χ4v) is 1.35. The first-order valence-electron chi connectivity index (χ1n) is 4.42. The maximum absolute atomic E-state index is 5.53. The number of hydrogen-bond acceptors (Lipinski definition) is 1. The van der Waals surface area contributed by atoms with Gasteiger partial charge in [-0.15, -0.1) is 11.6 Å². The van der Waals surface area contributed by atoms with Gasteiger partial charge in [0.15, 0.2) is 0 Å². The molecule has 0 atom stereocenters. The van der Waals surface area contributed by atoms with Gasteiger partial charge in [-0.3, -0.25) is 0 Å². The molecule has 1 heterocycles. The molecule has 1 nitrogen and oxygen atoms in total. The van der Waals surface area contributed by atoms with Crippen LogP contribution in [0.15, 0.2) is 34.9 Å². The molecule has 0 amide bonds. The van der Waals surface area contributed by atoms with Crippen LogP contribution in [-0.4, -0.2) is 5.88 Å². The van der Waals surface area contributed by atoms with Gasteiger partial charge >= 0.3 is 0 Å². The Hall–Kier alpha value is -1.39. The molecule has 0 saturated carbocycles. The molecule has 1 aromatic carbocycles. The summed E-state index contributed by atoms with van der Waals surface area (Å²) in [5, 5.41) is 1.09. The minimum atomic E-state index is 0.584. The van der Waals surface area contributed by atoms with Crippen molar-refractivity contribution in [2.45, 2.75) is 6.42 Å². The number of fused-ring (bicyclic) bond motifs is 1. The molecule has 0 radical (unpaired) electrons. The first kappa shape index (κ1) is 9.18. The standard InChI is InChI=1S/C12H9ClO/c13-7-2-1-3-10-4-5-12-11(9-10)6-8-14-12/h4-6,8-9H,2,7H2. The zero-order valence-corrected chi connectivity index (χ0v) is 8.34. The van der Waals surface area contributed by atoms with Crippen LogP contribution in [0.3, 0.4) is 0 Å². The van der Waals surface area contributed by atoms with Crippen LogP contribution in [0.2, 0.25) is 0 Å². The molecule has 0 aliphatic heterocycles. The monoisotopic (exact) mass is 204 g/mol. The predicted octanol–water partition coefficient (Wildman–Crippen LogP) is 3.41. The number of alkyl halides is 1. The molecule has 0 bridgehead atoms. The first-order valence-corrected chi connectivity index (χ1v) is 4.96. The van der Waals surface area contributed by atoms with Gasteiger partial charge in [0, 0.05) is 23.3 Å². The maximum atomic E-state index is 5.53. The first-order chi connectivity index (χ1) is 6.90. The molecule has 0 aliphatic rings. The number of furan rings is 1. The highest BCUT2D eigenvalue weighted by molar-refractivity contribution is 6.18. The third kappa shape index (κ3) is 1.92. The molecule has 0 fully saturated rings. The quantitative estimate of drug-likeness (QED) is 0.513. The zero-order valence-electron chi connectivity index (χ0n) is 7.59. The minimum Gasteiger partial charge on any atom is -0.464 e. The van der Waals surface area contributed by atoms with E-state index in [0.717, 1.165) is 23.0 Å². The van der Waals surface area contributed by atoms with E-state index < -0.39 is 0 Å². The van der Waals surface area contributed by atoms with Crippen LogP contribution in [0.25, 0.3) is 11.0 Å². The molecule has 0 aliphatic carbocycles. The highest BCUT2D eigenvalue weighted by Crippen LogP contribution is 2.16. The van der Waals surface area contributed by atoms with E-state index in [-0.39, 0.29) is 0 Å². The van der Waals surface area contributed by atoms with Gasteiger partial charge in [-0.25, -0.2) is 0 Å². The van der Waals surface area contributed by atoms with Crippen molar-refractivity contribution in [3.05, 3.63) is 36.1 Å². The topological polar surface area (TPSA) is 13.1 Å². The Bertz CT molecular complexity index is 487. The third-order valence-electron chi connectivity index (χ3n) is 1.90. The van der Waals surface area contributed by atoms with Gasteiger partial charge in [0.05, 0.1) is 6.26 Å². The summed E-state index contributed by atoms with van der Waals surface area (Å²) in [4.78, 5) is 0. The van der Waals surface area contributed by atoms with Crippen molar-refractivity contribution < 1.29 is 4.42 Å². The second-order valence-corrected chi connectivity index (χ2v) is 3.29. The molecular weight excluding hydrogens is 196 g/mol. The van der Waals surface area contributed by atoms with E-state index in [9.17, 15) is 0 Å². The minimum absolute atomic E-state index is 0.584. The third-order valence-corrected chi connectivity index (χ3v) is 2.09. The lowest BCUT2D eigenvalue weighted by Crippen LogP contribution is -1.74. The van der Waals surface area contributed by atoms with E-state index in [1.54, 1.807) is 6.26 Å². The molecule has 2 aromatic rings. The Morgan fingerprint density at radius 2 is 2.21 bits per heavy atom. The van der Waals surface area contributed by atoms with E-state index in [4.69, 9.17) is 16.0 Å². The lowest BCUT2D eigenvalue weighted by molar-refractivity contribution is 0.616.